The van der Waals surface area contributed by atoms with Gasteiger partial charge in [-0.25, -0.2) is 12.8 Å². The number of rotatable bonds is 8. The number of hydrogen-bond acceptors (Lipinski definition) is 3. The van der Waals surface area contributed by atoms with Crippen LogP contribution in [0.25, 0.3) is 0 Å². The zero-order valence-corrected chi connectivity index (χ0v) is 14.8. The Bertz CT molecular complexity index is 810. The molecule has 0 atom stereocenters. The first-order chi connectivity index (χ1) is 11.9. The van der Waals surface area contributed by atoms with Gasteiger partial charge >= 0.3 is 0 Å². The Labute approximate surface area is 147 Å². The lowest BCUT2D eigenvalue weighted by atomic mass is 10.1. The SMILES string of the molecule is CS(=O)(=O)N(CCNC(=O)Cc1ccccc1)Cc1ccccc1F. The first-order valence-electron chi connectivity index (χ1n) is 7.85. The van der Waals surface area contributed by atoms with Crippen molar-refractivity contribution in [3.05, 3.63) is 71.5 Å². The zero-order chi connectivity index (χ0) is 18.3. The van der Waals surface area contributed by atoms with Gasteiger partial charge in [0.25, 0.3) is 0 Å². The number of sulfonamides is 1. The molecule has 5 nitrogen and oxygen atoms in total. The van der Waals surface area contributed by atoms with Gasteiger partial charge in [0.1, 0.15) is 5.82 Å². The third kappa shape index (κ3) is 6.28. The van der Waals surface area contributed by atoms with Crippen molar-refractivity contribution in [1.29, 1.82) is 0 Å². The number of halogens is 1. The number of carbonyl (C=O) groups is 1. The highest BCUT2D eigenvalue weighted by atomic mass is 32.2. The highest BCUT2D eigenvalue weighted by Gasteiger charge is 2.18. The summed E-state index contributed by atoms with van der Waals surface area (Å²) in [5, 5.41) is 2.70. The van der Waals surface area contributed by atoms with Gasteiger partial charge in [0, 0.05) is 25.2 Å². The quantitative estimate of drug-likeness (QED) is 0.779. The summed E-state index contributed by atoms with van der Waals surface area (Å²) < 4.78 is 38.7. The fourth-order valence-corrected chi connectivity index (χ4v) is 3.14. The van der Waals surface area contributed by atoms with Crippen molar-refractivity contribution in [2.75, 3.05) is 19.3 Å². The second-order valence-electron chi connectivity index (χ2n) is 5.70. The van der Waals surface area contributed by atoms with Gasteiger partial charge in [-0.2, -0.15) is 4.31 Å². The summed E-state index contributed by atoms with van der Waals surface area (Å²) in [7, 11) is -3.52. The summed E-state index contributed by atoms with van der Waals surface area (Å²) in [6.07, 6.45) is 1.30. The predicted molar refractivity (Wildman–Crippen MR) is 94.8 cm³/mol. The van der Waals surface area contributed by atoms with Gasteiger partial charge in [0.2, 0.25) is 15.9 Å². The Morgan fingerprint density at radius 1 is 1.08 bits per heavy atom. The Balaban J connectivity index is 1.90. The lowest BCUT2D eigenvalue weighted by Gasteiger charge is -2.20. The Kier molecular flexibility index (Phi) is 6.66. The van der Waals surface area contributed by atoms with E-state index in [4.69, 9.17) is 0 Å². The standard InChI is InChI=1S/C18H21FN2O3S/c1-25(23,24)21(14-16-9-5-6-10-17(16)19)12-11-20-18(22)13-15-7-3-2-4-8-15/h2-10H,11-14H2,1H3,(H,20,22). The molecule has 0 spiro atoms. The van der Waals surface area contributed by atoms with E-state index in [9.17, 15) is 17.6 Å². The van der Waals surface area contributed by atoms with Crippen LogP contribution in [0.5, 0.6) is 0 Å². The average Bonchev–Trinajstić information content (AvgIpc) is 2.55. The molecule has 0 saturated heterocycles. The Hall–Kier alpha value is -2.25. The molecule has 0 aliphatic rings. The van der Waals surface area contributed by atoms with E-state index in [2.05, 4.69) is 5.32 Å². The van der Waals surface area contributed by atoms with Gasteiger partial charge in [0.05, 0.1) is 12.7 Å². The number of hydrogen-bond donors (Lipinski definition) is 1. The molecular weight excluding hydrogens is 343 g/mol. The lowest BCUT2D eigenvalue weighted by molar-refractivity contribution is -0.120. The molecule has 25 heavy (non-hydrogen) atoms. The van der Waals surface area contributed by atoms with Crippen molar-refractivity contribution >= 4 is 15.9 Å². The third-order valence-corrected chi connectivity index (χ3v) is 4.91. The molecule has 0 unspecified atom stereocenters. The maximum Gasteiger partial charge on any atom is 0.224 e. The van der Waals surface area contributed by atoms with Crippen molar-refractivity contribution in [2.45, 2.75) is 13.0 Å². The second kappa shape index (κ2) is 8.73. The van der Waals surface area contributed by atoms with Gasteiger partial charge in [-0.15, -0.1) is 0 Å². The minimum atomic E-state index is -3.52. The van der Waals surface area contributed by atoms with Crippen LogP contribution < -0.4 is 5.32 Å². The van der Waals surface area contributed by atoms with Gasteiger partial charge < -0.3 is 5.32 Å². The fourth-order valence-electron chi connectivity index (χ4n) is 2.34. The summed E-state index contributed by atoms with van der Waals surface area (Å²) in [6.45, 7) is 0.168. The van der Waals surface area contributed by atoms with E-state index in [1.165, 1.54) is 6.07 Å². The smallest absolute Gasteiger partial charge is 0.224 e. The second-order valence-corrected chi connectivity index (χ2v) is 7.68. The van der Waals surface area contributed by atoms with Crippen LogP contribution in [0.15, 0.2) is 54.6 Å². The first-order valence-corrected chi connectivity index (χ1v) is 9.70. The summed E-state index contributed by atoms with van der Waals surface area (Å²) in [4.78, 5) is 11.9. The molecule has 0 aliphatic carbocycles. The fraction of sp³-hybridized carbons (Fsp3) is 0.278. The van der Waals surface area contributed by atoms with Crippen LogP contribution in [0.4, 0.5) is 4.39 Å². The molecule has 1 N–H and O–H groups in total. The minimum Gasteiger partial charge on any atom is -0.354 e. The average molecular weight is 364 g/mol. The largest absolute Gasteiger partial charge is 0.354 e. The van der Waals surface area contributed by atoms with Crippen molar-refractivity contribution in [3.63, 3.8) is 0 Å². The van der Waals surface area contributed by atoms with E-state index in [1.54, 1.807) is 18.2 Å². The topological polar surface area (TPSA) is 66.5 Å². The third-order valence-electron chi connectivity index (χ3n) is 3.66. The van der Waals surface area contributed by atoms with Crippen molar-refractivity contribution < 1.29 is 17.6 Å². The number of amides is 1. The van der Waals surface area contributed by atoms with Crippen molar-refractivity contribution in [2.24, 2.45) is 0 Å². The van der Waals surface area contributed by atoms with Crippen molar-refractivity contribution in [3.8, 4) is 0 Å². The molecule has 2 aromatic carbocycles. The number of benzene rings is 2. The molecule has 0 fully saturated rings. The summed E-state index contributed by atoms with van der Waals surface area (Å²) in [6, 6.07) is 15.3. The summed E-state index contributed by atoms with van der Waals surface area (Å²) >= 11 is 0. The highest BCUT2D eigenvalue weighted by molar-refractivity contribution is 7.88. The van der Waals surface area contributed by atoms with Crippen LogP contribution in [0.1, 0.15) is 11.1 Å². The van der Waals surface area contributed by atoms with E-state index in [0.717, 1.165) is 16.1 Å². The van der Waals surface area contributed by atoms with E-state index >= 15 is 0 Å². The van der Waals surface area contributed by atoms with E-state index < -0.39 is 15.8 Å². The maximum absolute atomic E-state index is 13.7. The van der Waals surface area contributed by atoms with Crippen LogP contribution in [-0.4, -0.2) is 38.0 Å². The Morgan fingerprint density at radius 2 is 1.72 bits per heavy atom. The minimum absolute atomic E-state index is 0.0694. The summed E-state index contributed by atoms with van der Waals surface area (Å²) in [5.74, 6) is -0.644. The highest BCUT2D eigenvalue weighted by Crippen LogP contribution is 2.12. The number of carbonyl (C=O) groups excluding carboxylic acids is 1. The Morgan fingerprint density at radius 3 is 2.36 bits per heavy atom. The van der Waals surface area contributed by atoms with Crippen LogP contribution in [-0.2, 0) is 27.8 Å². The first kappa shape index (κ1) is 19.1. The molecule has 0 radical (unpaired) electrons. The van der Waals surface area contributed by atoms with Gasteiger partial charge in [-0.1, -0.05) is 48.5 Å². The normalized spacial score (nSPS) is 11.5. The van der Waals surface area contributed by atoms with Crippen LogP contribution in [0.3, 0.4) is 0 Å². The molecule has 2 aromatic rings. The monoisotopic (exact) mass is 364 g/mol. The number of nitrogens with zero attached hydrogens (tertiary/aromatic N) is 1. The van der Waals surface area contributed by atoms with Crippen LogP contribution >= 0.6 is 0 Å². The lowest BCUT2D eigenvalue weighted by Crippen LogP contribution is -2.38. The molecular formula is C18H21FN2O3S. The molecule has 0 saturated carbocycles. The molecule has 0 aliphatic heterocycles. The molecule has 0 heterocycles. The molecule has 7 heteroatoms. The molecule has 1 amide bonds. The molecule has 0 bridgehead atoms. The molecule has 2 rings (SSSR count). The van der Waals surface area contributed by atoms with E-state index in [0.29, 0.717) is 5.56 Å². The van der Waals surface area contributed by atoms with Gasteiger partial charge in [0.15, 0.2) is 0 Å². The predicted octanol–water partition coefficient (Wildman–Crippen LogP) is 1.95. The number of nitrogens with one attached hydrogen (secondary N) is 1. The molecule has 134 valence electrons. The van der Waals surface area contributed by atoms with Crippen LogP contribution in [0.2, 0.25) is 0 Å². The van der Waals surface area contributed by atoms with Gasteiger partial charge in [-0.3, -0.25) is 4.79 Å². The van der Waals surface area contributed by atoms with E-state index in [1.807, 2.05) is 30.3 Å². The zero-order valence-electron chi connectivity index (χ0n) is 14.0. The van der Waals surface area contributed by atoms with Gasteiger partial charge in [-0.05, 0) is 11.6 Å². The maximum atomic E-state index is 13.7. The van der Waals surface area contributed by atoms with Crippen molar-refractivity contribution in [1.82, 2.24) is 9.62 Å². The van der Waals surface area contributed by atoms with Crippen LogP contribution in [0, 0.1) is 5.82 Å². The van der Waals surface area contributed by atoms with E-state index in [-0.39, 0.29) is 32.0 Å². The molecule has 0 aromatic heterocycles. The summed E-state index contributed by atoms with van der Waals surface area (Å²) in [5.41, 5.74) is 1.18.